The summed E-state index contributed by atoms with van der Waals surface area (Å²) in [5, 5.41) is 10.2. The van der Waals surface area contributed by atoms with Crippen molar-refractivity contribution >= 4 is 22.8 Å². The lowest BCUT2D eigenvalue weighted by molar-refractivity contribution is -0.825. The van der Waals surface area contributed by atoms with Gasteiger partial charge in [-0.05, 0) is 49.8 Å². The highest BCUT2D eigenvalue weighted by molar-refractivity contribution is 6.05. The predicted octanol–water partition coefficient (Wildman–Crippen LogP) is 3.17. The number of fused-ring (bicyclic) bond motifs is 1. The van der Waals surface area contributed by atoms with Gasteiger partial charge >= 0.3 is 5.91 Å². The highest BCUT2D eigenvalue weighted by atomic mass is 19.3. The molecule has 0 saturated heterocycles. The monoisotopic (exact) mass is 423 g/mol. The summed E-state index contributed by atoms with van der Waals surface area (Å²) < 4.78 is 32.2. The first kappa shape index (κ1) is 22.4. The molecular weight excluding hydrogens is 394 g/mol. The Balaban J connectivity index is 1.92. The largest absolute Gasteiger partial charge is 0.460 e. The van der Waals surface area contributed by atoms with Crippen LogP contribution in [0.2, 0.25) is 0 Å². The van der Waals surface area contributed by atoms with Crippen molar-refractivity contribution in [3.05, 3.63) is 35.1 Å². The van der Waals surface area contributed by atoms with Crippen LogP contribution in [0.4, 0.5) is 8.78 Å². The molecular formula is C22H29F2N2O4+. The van der Waals surface area contributed by atoms with Crippen molar-refractivity contribution < 1.29 is 32.4 Å². The van der Waals surface area contributed by atoms with Gasteiger partial charge in [0, 0.05) is 18.2 Å². The summed E-state index contributed by atoms with van der Waals surface area (Å²) in [4.78, 5) is 25.1. The second-order valence-electron chi connectivity index (χ2n) is 8.81. The molecule has 2 aromatic rings. The zero-order valence-corrected chi connectivity index (χ0v) is 17.6. The lowest BCUT2D eigenvalue weighted by Gasteiger charge is -2.32. The standard InChI is InChI=1S/C22H28F2N2O4/c1-13-19(21(29)26(2,3)17(12-27)20(25)28)16-11-15(4-5-18(16)30-13)10-14-6-8-22(23,24)9-7-14/h4-5,11,14,17,27H,6-10,12H2,1-3H3,(H-,25,28)/p+1. The van der Waals surface area contributed by atoms with E-state index in [1.165, 1.54) is 14.1 Å². The third-order valence-corrected chi connectivity index (χ3v) is 6.31. The number of halogens is 2. The Kier molecular flexibility index (Phi) is 6.02. The molecule has 164 valence electrons. The number of hydrogen-bond donors (Lipinski definition) is 2. The molecule has 1 aliphatic rings. The average molecular weight is 423 g/mol. The summed E-state index contributed by atoms with van der Waals surface area (Å²) in [6.45, 7) is 1.12. The first-order chi connectivity index (χ1) is 14.0. The van der Waals surface area contributed by atoms with Crippen LogP contribution in [0.3, 0.4) is 0 Å². The van der Waals surface area contributed by atoms with E-state index >= 15 is 0 Å². The van der Waals surface area contributed by atoms with Crippen molar-refractivity contribution in [1.29, 1.82) is 0 Å². The van der Waals surface area contributed by atoms with Gasteiger partial charge in [-0.25, -0.2) is 18.1 Å². The fourth-order valence-corrected chi connectivity index (χ4v) is 4.34. The maximum Gasteiger partial charge on any atom is 0.350 e. The molecule has 3 rings (SSSR count). The number of carbonyl (C=O) groups is 2. The molecule has 6 nitrogen and oxygen atoms in total. The molecule has 8 heteroatoms. The van der Waals surface area contributed by atoms with Gasteiger partial charge in [0.25, 0.3) is 5.91 Å². The number of nitrogens with two attached hydrogens (primary N) is 1. The molecule has 0 spiro atoms. The highest BCUT2D eigenvalue weighted by Gasteiger charge is 2.42. The Hall–Kier alpha value is -2.32. The molecule has 1 saturated carbocycles. The van der Waals surface area contributed by atoms with Crippen molar-refractivity contribution in [1.82, 2.24) is 0 Å². The van der Waals surface area contributed by atoms with E-state index in [0.29, 0.717) is 41.6 Å². The Morgan fingerprint density at radius 3 is 2.50 bits per heavy atom. The highest BCUT2D eigenvalue weighted by Crippen LogP contribution is 2.38. The van der Waals surface area contributed by atoms with Crippen LogP contribution in [-0.4, -0.2) is 54.1 Å². The van der Waals surface area contributed by atoms with E-state index in [-0.39, 0.29) is 18.8 Å². The number of amides is 2. The number of likely N-dealkylation sites (N-methyl/N-ethyl adjacent to an activating group) is 1. The van der Waals surface area contributed by atoms with Gasteiger partial charge in [0.05, 0.1) is 14.1 Å². The fraction of sp³-hybridized carbons (Fsp3) is 0.545. The molecule has 1 unspecified atom stereocenters. The maximum absolute atomic E-state index is 13.4. The molecule has 1 aromatic heterocycles. The van der Waals surface area contributed by atoms with Crippen LogP contribution in [0.1, 0.15) is 47.4 Å². The normalized spacial score (nSPS) is 18.5. The van der Waals surface area contributed by atoms with Crippen molar-refractivity contribution in [3.63, 3.8) is 0 Å². The number of rotatable bonds is 6. The number of hydrogen-bond acceptors (Lipinski definition) is 4. The number of quaternary nitrogens is 1. The summed E-state index contributed by atoms with van der Waals surface area (Å²) in [6.07, 6.45) is 1.43. The lowest BCUT2D eigenvalue weighted by Crippen LogP contribution is -2.60. The topological polar surface area (TPSA) is 93.5 Å². The minimum atomic E-state index is -2.56. The van der Waals surface area contributed by atoms with Crippen molar-refractivity contribution in [3.8, 4) is 0 Å². The van der Waals surface area contributed by atoms with Crippen molar-refractivity contribution in [2.24, 2.45) is 11.7 Å². The summed E-state index contributed by atoms with van der Waals surface area (Å²) in [7, 11) is 3.05. The average Bonchev–Trinajstić information content (AvgIpc) is 2.97. The number of aliphatic hydroxyl groups excluding tert-OH is 1. The van der Waals surface area contributed by atoms with E-state index in [1.807, 2.05) is 12.1 Å². The van der Waals surface area contributed by atoms with Crippen LogP contribution < -0.4 is 5.73 Å². The predicted molar refractivity (Wildman–Crippen MR) is 108 cm³/mol. The Morgan fingerprint density at radius 2 is 1.93 bits per heavy atom. The molecule has 30 heavy (non-hydrogen) atoms. The number of alkyl halides is 2. The Morgan fingerprint density at radius 1 is 1.30 bits per heavy atom. The molecule has 1 atom stereocenters. The van der Waals surface area contributed by atoms with Crippen LogP contribution in [0.15, 0.2) is 22.6 Å². The van der Waals surface area contributed by atoms with Gasteiger partial charge in [-0.15, -0.1) is 0 Å². The molecule has 0 radical (unpaired) electrons. The Labute approximate surface area is 174 Å². The van der Waals surface area contributed by atoms with E-state index in [4.69, 9.17) is 10.2 Å². The molecule has 1 fully saturated rings. The smallest absolute Gasteiger partial charge is 0.350 e. The quantitative estimate of drug-likeness (QED) is 0.698. The van der Waals surface area contributed by atoms with Crippen LogP contribution in [0.25, 0.3) is 11.0 Å². The molecule has 0 bridgehead atoms. The number of aryl methyl sites for hydroxylation is 1. The third-order valence-electron chi connectivity index (χ3n) is 6.31. The van der Waals surface area contributed by atoms with Crippen LogP contribution >= 0.6 is 0 Å². The van der Waals surface area contributed by atoms with Crippen molar-refractivity contribution in [2.75, 3.05) is 20.7 Å². The van der Waals surface area contributed by atoms with E-state index in [9.17, 15) is 23.5 Å². The SMILES string of the molecule is Cc1oc2ccc(CC3CCC(F)(F)CC3)cc2c1C(=O)[N+](C)(C)C(CO)C(N)=O. The van der Waals surface area contributed by atoms with Gasteiger partial charge in [-0.3, -0.25) is 4.79 Å². The third kappa shape index (κ3) is 4.25. The van der Waals surface area contributed by atoms with Crippen LogP contribution in [0, 0.1) is 12.8 Å². The molecule has 1 aliphatic carbocycles. The summed E-state index contributed by atoms with van der Waals surface area (Å²) in [6, 6.07) is 4.45. The molecule has 1 aromatic carbocycles. The number of carbonyl (C=O) groups excluding carboxylic acids is 2. The summed E-state index contributed by atoms with van der Waals surface area (Å²) in [5.41, 5.74) is 7.21. The van der Waals surface area contributed by atoms with E-state index < -0.39 is 34.9 Å². The number of benzene rings is 1. The maximum atomic E-state index is 13.4. The molecule has 3 N–H and O–H groups in total. The van der Waals surface area contributed by atoms with Gasteiger partial charge in [0.1, 0.15) is 23.5 Å². The first-order valence-electron chi connectivity index (χ1n) is 10.1. The second kappa shape index (κ2) is 8.07. The van der Waals surface area contributed by atoms with Gasteiger partial charge in [0.15, 0.2) is 6.04 Å². The second-order valence-corrected chi connectivity index (χ2v) is 8.81. The number of furan rings is 1. The van der Waals surface area contributed by atoms with E-state index in [1.54, 1.807) is 13.0 Å². The minimum Gasteiger partial charge on any atom is -0.460 e. The van der Waals surface area contributed by atoms with E-state index in [0.717, 1.165) is 5.56 Å². The van der Waals surface area contributed by atoms with E-state index in [2.05, 4.69) is 0 Å². The van der Waals surface area contributed by atoms with Crippen LogP contribution in [-0.2, 0) is 11.2 Å². The number of nitrogens with zero attached hydrogens (tertiary/aromatic N) is 1. The zero-order chi connectivity index (χ0) is 22.3. The van der Waals surface area contributed by atoms with Gasteiger partial charge in [0.2, 0.25) is 5.92 Å². The van der Waals surface area contributed by atoms with Gasteiger partial charge < -0.3 is 15.3 Å². The first-order valence-corrected chi connectivity index (χ1v) is 10.1. The fourth-order valence-electron chi connectivity index (χ4n) is 4.34. The summed E-state index contributed by atoms with van der Waals surface area (Å²) >= 11 is 0. The molecule has 0 aliphatic heterocycles. The van der Waals surface area contributed by atoms with Gasteiger partial charge in [-0.1, -0.05) is 6.07 Å². The number of primary amides is 1. The molecule has 1 heterocycles. The van der Waals surface area contributed by atoms with Crippen molar-refractivity contribution in [2.45, 2.75) is 51.0 Å². The van der Waals surface area contributed by atoms with Crippen LogP contribution in [0.5, 0.6) is 0 Å². The minimum absolute atomic E-state index is 0.0875. The summed E-state index contributed by atoms with van der Waals surface area (Å²) in [5.74, 6) is -3.13. The number of aliphatic hydroxyl groups is 1. The zero-order valence-electron chi connectivity index (χ0n) is 17.6. The Bertz CT molecular complexity index is 957. The van der Waals surface area contributed by atoms with Gasteiger partial charge in [-0.2, -0.15) is 0 Å². The molecule has 2 amide bonds. The lowest BCUT2D eigenvalue weighted by atomic mass is 9.83.